The van der Waals surface area contributed by atoms with Gasteiger partial charge in [0.15, 0.2) is 0 Å². The lowest BCUT2D eigenvalue weighted by Crippen LogP contribution is -2.40. The molecule has 2 aromatic carbocycles. The number of esters is 2. The van der Waals surface area contributed by atoms with Gasteiger partial charge in [-0.05, 0) is 25.0 Å². The van der Waals surface area contributed by atoms with E-state index in [9.17, 15) is 9.59 Å². The minimum Gasteiger partial charge on any atom is -0.461 e. The van der Waals surface area contributed by atoms with Gasteiger partial charge in [-0.15, -0.1) is 0 Å². The van der Waals surface area contributed by atoms with Crippen molar-refractivity contribution in [1.29, 1.82) is 0 Å². The molecule has 0 radical (unpaired) electrons. The molecule has 0 aliphatic carbocycles. The van der Waals surface area contributed by atoms with E-state index in [2.05, 4.69) is 13.2 Å². The molecule has 0 fully saturated rings. The number of hydrogen-bond donors (Lipinski definition) is 0. The van der Waals surface area contributed by atoms with Crippen LogP contribution in [0, 0.1) is 0 Å². The summed E-state index contributed by atoms with van der Waals surface area (Å²) in [6.07, 6.45) is 0. The monoisotopic (exact) mass is 364 g/mol. The van der Waals surface area contributed by atoms with Crippen molar-refractivity contribution < 1.29 is 19.1 Å². The molecule has 0 atom stereocenters. The van der Waals surface area contributed by atoms with E-state index in [1.54, 1.807) is 13.8 Å². The van der Waals surface area contributed by atoms with Crippen molar-refractivity contribution in [2.75, 3.05) is 13.2 Å². The number of rotatable bonds is 8. The lowest BCUT2D eigenvalue weighted by Gasteiger charge is -2.34. The van der Waals surface area contributed by atoms with Crippen molar-refractivity contribution in [3.63, 3.8) is 0 Å². The standard InChI is InChI=1S/C23H24O4/c1-17(2)21(24)26-15-23(16-27-22(25)18(3)4,19-11-7-5-8-12-19)20-13-9-6-10-14-20/h5-14H,1,3,15-16H2,2,4H3. The third-order valence-electron chi connectivity index (χ3n) is 4.25. The first-order chi connectivity index (χ1) is 12.9. The fourth-order valence-electron chi connectivity index (χ4n) is 2.68. The Hall–Kier alpha value is -3.14. The highest BCUT2D eigenvalue weighted by Gasteiger charge is 2.38. The van der Waals surface area contributed by atoms with Gasteiger partial charge in [0.2, 0.25) is 0 Å². The summed E-state index contributed by atoms with van der Waals surface area (Å²) in [6, 6.07) is 19.1. The van der Waals surface area contributed by atoms with Crippen molar-refractivity contribution in [3.05, 3.63) is 96.1 Å². The van der Waals surface area contributed by atoms with E-state index in [1.807, 2.05) is 60.7 Å². The third-order valence-corrected chi connectivity index (χ3v) is 4.25. The molecular formula is C23H24O4. The number of carbonyl (C=O) groups excluding carboxylic acids is 2. The number of carbonyl (C=O) groups is 2. The maximum atomic E-state index is 12.1. The smallest absolute Gasteiger partial charge is 0.333 e. The SMILES string of the molecule is C=C(C)C(=O)OCC(COC(=O)C(=C)C)(c1ccccc1)c1ccccc1. The largest absolute Gasteiger partial charge is 0.461 e. The Morgan fingerprint density at radius 3 is 1.37 bits per heavy atom. The molecule has 0 aliphatic rings. The first kappa shape index (κ1) is 20.2. The van der Waals surface area contributed by atoms with Gasteiger partial charge in [-0.2, -0.15) is 0 Å². The predicted octanol–water partition coefficient (Wildman–Crippen LogP) is 4.21. The quantitative estimate of drug-likeness (QED) is 0.520. The molecule has 0 unspecified atom stereocenters. The Balaban J connectivity index is 2.50. The lowest BCUT2D eigenvalue weighted by atomic mass is 9.75. The highest BCUT2D eigenvalue weighted by atomic mass is 16.5. The molecule has 0 N–H and O–H groups in total. The van der Waals surface area contributed by atoms with Crippen molar-refractivity contribution in [2.45, 2.75) is 19.3 Å². The van der Waals surface area contributed by atoms with E-state index in [1.165, 1.54) is 0 Å². The average molecular weight is 364 g/mol. The molecule has 0 aliphatic heterocycles. The van der Waals surface area contributed by atoms with Crippen LogP contribution in [0.4, 0.5) is 0 Å². The molecule has 0 spiro atoms. The average Bonchev–Trinajstić information content (AvgIpc) is 2.69. The van der Waals surface area contributed by atoms with E-state index in [4.69, 9.17) is 9.47 Å². The molecule has 0 amide bonds. The number of hydrogen-bond acceptors (Lipinski definition) is 4. The summed E-state index contributed by atoms with van der Waals surface area (Å²) in [4.78, 5) is 24.1. The fraction of sp³-hybridized carbons (Fsp3) is 0.217. The van der Waals surface area contributed by atoms with Gasteiger partial charge in [-0.3, -0.25) is 0 Å². The lowest BCUT2D eigenvalue weighted by molar-refractivity contribution is -0.144. The van der Waals surface area contributed by atoms with Crippen LogP contribution in [0.25, 0.3) is 0 Å². The van der Waals surface area contributed by atoms with Crippen LogP contribution in [0.2, 0.25) is 0 Å². The Morgan fingerprint density at radius 2 is 1.07 bits per heavy atom. The minimum atomic E-state index is -0.848. The molecule has 140 valence electrons. The van der Waals surface area contributed by atoms with Crippen LogP contribution in [0.5, 0.6) is 0 Å². The van der Waals surface area contributed by atoms with E-state index in [-0.39, 0.29) is 13.2 Å². The summed E-state index contributed by atoms with van der Waals surface area (Å²) >= 11 is 0. The maximum Gasteiger partial charge on any atom is 0.333 e. The van der Waals surface area contributed by atoms with Crippen LogP contribution in [0.3, 0.4) is 0 Å². The highest BCUT2D eigenvalue weighted by Crippen LogP contribution is 2.34. The molecule has 4 heteroatoms. The minimum absolute atomic E-state index is 0.0101. The fourth-order valence-corrected chi connectivity index (χ4v) is 2.68. The number of benzene rings is 2. The Morgan fingerprint density at radius 1 is 0.741 bits per heavy atom. The second-order valence-corrected chi connectivity index (χ2v) is 6.53. The molecule has 4 nitrogen and oxygen atoms in total. The molecular weight excluding hydrogens is 340 g/mol. The van der Waals surface area contributed by atoms with Gasteiger partial charge in [-0.25, -0.2) is 9.59 Å². The second kappa shape index (κ2) is 8.99. The molecule has 2 rings (SSSR count). The molecule has 0 bridgehead atoms. The predicted molar refractivity (Wildman–Crippen MR) is 105 cm³/mol. The highest BCUT2D eigenvalue weighted by molar-refractivity contribution is 5.87. The topological polar surface area (TPSA) is 52.6 Å². The first-order valence-corrected chi connectivity index (χ1v) is 8.63. The third kappa shape index (κ3) is 4.94. The van der Waals surface area contributed by atoms with Crippen molar-refractivity contribution in [3.8, 4) is 0 Å². The zero-order valence-electron chi connectivity index (χ0n) is 15.7. The van der Waals surface area contributed by atoms with Crippen molar-refractivity contribution >= 4 is 11.9 Å². The van der Waals surface area contributed by atoms with E-state index < -0.39 is 17.4 Å². The summed E-state index contributed by atoms with van der Waals surface area (Å²) in [5.74, 6) is -0.977. The molecule has 0 aromatic heterocycles. The van der Waals surface area contributed by atoms with Crippen LogP contribution in [0.15, 0.2) is 85.0 Å². The van der Waals surface area contributed by atoms with Crippen molar-refractivity contribution in [2.24, 2.45) is 0 Å². The maximum absolute atomic E-state index is 12.1. The van der Waals surface area contributed by atoms with Gasteiger partial charge in [0.1, 0.15) is 13.2 Å². The molecule has 27 heavy (non-hydrogen) atoms. The summed E-state index contributed by atoms with van der Waals surface area (Å²) in [5, 5.41) is 0. The zero-order chi connectivity index (χ0) is 19.9. The van der Waals surface area contributed by atoms with E-state index in [0.29, 0.717) is 11.1 Å². The summed E-state index contributed by atoms with van der Waals surface area (Å²) in [7, 11) is 0. The number of ether oxygens (including phenoxy) is 2. The van der Waals surface area contributed by atoms with Crippen LogP contribution in [0.1, 0.15) is 25.0 Å². The van der Waals surface area contributed by atoms with Gasteiger partial charge in [-0.1, -0.05) is 73.8 Å². The molecule has 0 saturated carbocycles. The Kier molecular flexibility index (Phi) is 6.72. The van der Waals surface area contributed by atoms with E-state index >= 15 is 0 Å². The van der Waals surface area contributed by atoms with Crippen LogP contribution >= 0.6 is 0 Å². The van der Waals surface area contributed by atoms with Crippen LogP contribution in [-0.2, 0) is 24.5 Å². The zero-order valence-corrected chi connectivity index (χ0v) is 15.7. The first-order valence-electron chi connectivity index (χ1n) is 8.63. The van der Waals surface area contributed by atoms with E-state index in [0.717, 1.165) is 11.1 Å². The Labute approximate surface area is 160 Å². The summed E-state index contributed by atoms with van der Waals surface area (Å²) in [5.41, 5.74) is 1.52. The van der Waals surface area contributed by atoms with Crippen LogP contribution in [-0.4, -0.2) is 25.2 Å². The van der Waals surface area contributed by atoms with Crippen LogP contribution < -0.4 is 0 Å². The normalized spacial score (nSPS) is 10.7. The second-order valence-electron chi connectivity index (χ2n) is 6.53. The van der Waals surface area contributed by atoms with Gasteiger partial charge in [0, 0.05) is 11.1 Å². The molecule has 0 heterocycles. The summed E-state index contributed by atoms with van der Waals surface area (Å²) < 4.78 is 11.0. The molecule has 2 aromatic rings. The van der Waals surface area contributed by atoms with Crippen molar-refractivity contribution in [1.82, 2.24) is 0 Å². The molecule has 0 saturated heterocycles. The Bertz CT molecular complexity index is 750. The summed E-state index contributed by atoms with van der Waals surface area (Å²) in [6.45, 7) is 10.5. The van der Waals surface area contributed by atoms with Gasteiger partial charge < -0.3 is 9.47 Å². The van der Waals surface area contributed by atoms with Gasteiger partial charge in [0.25, 0.3) is 0 Å². The van der Waals surface area contributed by atoms with Gasteiger partial charge in [0.05, 0.1) is 5.41 Å². The van der Waals surface area contributed by atoms with Gasteiger partial charge >= 0.3 is 11.9 Å².